The van der Waals surface area contributed by atoms with Gasteiger partial charge < -0.3 is 10.1 Å². The van der Waals surface area contributed by atoms with Gasteiger partial charge in [-0.2, -0.15) is 0 Å². The van der Waals surface area contributed by atoms with Crippen LogP contribution in [-0.2, 0) is 4.74 Å². The number of ether oxygens (including phenoxy) is 1. The molecule has 0 aromatic carbocycles. The lowest BCUT2D eigenvalue weighted by molar-refractivity contribution is 0.0647. The SMILES string of the molecule is CCCN(C1CC2CCC(C1)N2)C(C)C1CCOC1. The lowest BCUT2D eigenvalue weighted by Crippen LogP contribution is -2.52. The zero-order valence-electron chi connectivity index (χ0n) is 12.6. The molecule has 2 bridgehead atoms. The van der Waals surface area contributed by atoms with Crippen LogP contribution in [-0.4, -0.2) is 48.8 Å². The third-order valence-corrected chi connectivity index (χ3v) is 5.57. The van der Waals surface area contributed by atoms with Crippen molar-refractivity contribution >= 4 is 0 Å². The monoisotopic (exact) mass is 266 g/mol. The Balaban J connectivity index is 1.65. The molecule has 0 amide bonds. The van der Waals surface area contributed by atoms with Crippen LogP contribution in [0.3, 0.4) is 0 Å². The van der Waals surface area contributed by atoms with Gasteiger partial charge in [-0.05, 0) is 57.9 Å². The zero-order valence-corrected chi connectivity index (χ0v) is 12.6. The van der Waals surface area contributed by atoms with E-state index in [4.69, 9.17) is 4.74 Å². The first-order chi connectivity index (χ1) is 9.28. The third kappa shape index (κ3) is 2.98. The second kappa shape index (κ2) is 6.11. The average Bonchev–Trinajstić information content (AvgIpc) is 3.05. The minimum atomic E-state index is 0.699. The molecule has 0 radical (unpaired) electrons. The molecule has 0 aromatic heterocycles. The van der Waals surface area contributed by atoms with Gasteiger partial charge in [0.05, 0.1) is 6.61 Å². The molecule has 3 heteroatoms. The van der Waals surface area contributed by atoms with Gasteiger partial charge in [0.15, 0.2) is 0 Å². The van der Waals surface area contributed by atoms with Crippen molar-refractivity contribution in [2.45, 2.75) is 76.5 Å². The van der Waals surface area contributed by atoms with Crippen LogP contribution in [0, 0.1) is 5.92 Å². The number of hydrogen-bond donors (Lipinski definition) is 1. The minimum Gasteiger partial charge on any atom is -0.381 e. The quantitative estimate of drug-likeness (QED) is 0.827. The summed E-state index contributed by atoms with van der Waals surface area (Å²) in [5.41, 5.74) is 0. The summed E-state index contributed by atoms with van der Waals surface area (Å²) >= 11 is 0. The van der Waals surface area contributed by atoms with Crippen LogP contribution in [0.4, 0.5) is 0 Å². The molecule has 3 aliphatic rings. The standard InChI is InChI=1S/C16H30N2O/c1-3-7-18(12(2)13-6-8-19-11-13)16-9-14-4-5-15(10-16)17-14/h12-17H,3-11H2,1-2H3. The van der Waals surface area contributed by atoms with Crippen molar-refractivity contribution in [3.63, 3.8) is 0 Å². The highest BCUT2D eigenvalue weighted by molar-refractivity contribution is 4.97. The predicted octanol–water partition coefficient (Wildman–Crippen LogP) is 2.41. The number of rotatable bonds is 5. The van der Waals surface area contributed by atoms with Crippen LogP contribution >= 0.6 is 0 Å². The van der Waals surface area contributed by atoms with Gasteiger partial charge in [0.2, 0.25) is 0 Å². The Morgan fingerprint density at radius 1 is 1.21 bits per heavy atom. The molecule has 110 valence electrons. The zero-order chi connectivity index (χ0) is 13.2. The van der Waals surface area contributed by atoms with E-state index in [0.29, 0.717) is 6.04 Å². The molecular formula is C16H30N2O. The number of nitrogens with one attached hydrogen (secondary N) is 1. The van der Waals surface area contributed by atoms with E-state index in [0.717, 1.165) is 37.3 Å². The summed E-state index contributed by atoms with van der Waals surface area (Å²) in [6, 6.07) is 3.12. The van der Waals surface area contributed by atoms with Crippen LogP contribution in [0.2, 0.25) is 0 Å². The fourth-order valence-corrected chi connectivity index (χ4v) is 4.48. The molecule has 3 saturated heterocycles. The fraction of sp³-hybridized carbons (Fsp3) is 1.00. The van der Waals surface area contributed by atoms with E-state index in [1.165, 1.54) is 45.1 Å². The molecule has 3 rings (SSSR count). The number of nitrogens with zero attached hydrogens (tertiary/aromatic N) is 1. The molecule has 19 heavy (non-hydrogen) atoms. The Morgan fingerprint density at radius 2 is 1.95 bits per heavy atom. The van der Waals surface area contributed by atoms with E-state index >= 15 is 0 Å². The molecule has 3 heterocycles. The first-order valence-electron chi connectivity index (χ1n) is 8.37. The largest absolute Gasteiger partial charge is 0.381 e. The lowest BCUT2D eigenvalue weighted by atomic mass is 9.92. The summed E-state index contributed by atoms with van der Waals surface area (Å²) in [6.07, 6.45) is 8.09. The van der Waals surface area contributed by atoms with Crippen molar-refractivity contribution < 1.29 is 4.74 Å². The highest BCUT2D eigenvalue weighted by Crippen LogP contribution is 2.33. The summed E-state index contributed by atoms with van der Waals surface area (Å²) < 4.78 is 5.61. The van der Waals surface area contributed by atoms with Crippen molar-refractivity contribution in [2.75, 3.05) is 19.8 Å². The normalized spacial score (nSPS) is 39.9. The average molecular weight is 266 g/mol. The van der Waals surface area contributed by atoms with Gasteiger partial charge >= 0.3 is 0 Å². The van der Waals surface area contributed by atoms with Crippen LogP contribution in [0.25, 0.3) is 0 Å². The van der Waals surface area contributed by atoms with Crippen molar-refractivity contribution in [1.29, 1.82) is 0 Å². The van der Waals surface area contributed by atoms with E-state index in [-0.39, 0.29) is 0 Å². The molecule has 3 aliphatic heterocycles. The molecule has 0 saturated carbocycles. The molecule has 0 aliphatic carbocycles. The van der Waals surface area contributed by atoms with E-state index in [1.807, 2.05) is 0 Å². The Kier molecular flexibility index (Phi) is 4.45. The summed E-state index contributed by atoms with van der Waals surface area (Å²) in [7, 11) is 0. The molecule has 0 spiro atoms. The lowest BCUT2D eigenvalue weighted by Gasteiger charge is -2.42. The maximum Gasteiger partial charge on any atom is 0.0509 e. The van der Waals surface area contributed by atoms with Gasteiger partial charge in [-0.1, -0.05) is 6.92 Å². The molecule has 0 aromatic rings. The van der Waals surface area contributed by atoms with Crippen molar-refractivity contribution in [3.8, 4) is 0 Å². The summed E-state index contributed by atoms with van der Waals surface area (Å²) in [5.74, 6) is 0.763. The smallest absolute Gasteiger partial charge is 0.0509 e. The second-order valence-electron chi connectivity index (χ2n) is 6.87. The van der Waals surface area contributed by atoms with Crippen molar-refractivity contribution in [2.24, 2.45) is 5.92 Å². The van der Waals surface area contributed by atoms with Crippen molar-refractivity contribution in [3.05, 3.63) is 0 Å². The van der Waals surface area contributed by atoms with E-state index in [2.05, 4.69) is 24.1 Å². The molecular weight excluding hydrogens is 236 g/mol. The topological polar surface area (TPSA) is 24.5 Å². The summed E-state index contributed by atoms with van der Waals surface area (Å²) in [5, 5.41) is 3.77. The highest BCUT2D eigenvalue weighted by Gasteiger charge is 2.38. The summed E-state index contributed by atoms with van der Waals surface area (Å²) in [6.45, 7) is 7.99. The van der Waals surface area contributed by atoms with Crippen LogP contribution in [0.1, 0.15) is 52.4 Å². The fourth-order valence-electron chi connectivity index (χ4n) is 4.48. The Morgan fingerprint density at radius 3 is 2.53 bits per heavy atom. The first-order valence-corrected chi connectivity index (χ1v) is 8.37. The number of piperidine rings is 1. The van der Waals surface area contributed by atoms with Crippen LogP contribution in [0.15, 0.2) is 0 Å². The number of hydrogen-bond acceptors (Lipinski definition) is 3. The Labute approximate surface area is 118 Å². The van der Waals surface area contributed by atoms with Gasteiger partial charge in [-0.3, -0.25) is 4.90 Å². The molecule has 4 unspecified atom stereocenters. The molecule has 1 N–H and O–H groups in total. The molecule has 4 atom stereocenters. The van der Waals surface area contributed by atoms with E-state index in [1.54, 1.807) is 0 Å². The minimum absolute atomic E-state index is 0.699. The van der Waals surface area contributed by atoms with Crippen LogP contribution < -0.4 is 5.32 Å². The van der Waals surface area contributed by atoms with Gasteiger partial charge in [0.25, 0.3) is 0 Å². The first kappa shape index (κ1) is 13.8. The van der Waals surface area contributed by atoms with Crippen LogP contribution in [0.5, 0.6) is 0 Å². The maximum absolute atomic E-state index is 5.61. The highest BCUT2D eigenvalue weighted by atomic mass is 16.5. The Hall–Kier alpha value is -0.120. The predicted molar refractivity (Wildman–Crippen MR) is 78.4 cm³/mol. The van der Waals surface area contributed by atoms with E-state index in [9.17, 15) is 0 Å². The van der Waals surface area contributed by atoms with Gasteiger partial charge in [0.1, 0.15) is 0 Å². The maximum atomic E-state index is 5.61. The number of fused-ring (bicyclic) bond motifs is 2. The van der Waals surface area contributed by atoms with Gasteiger partial charge in [-0.15, -0.1) is 0 Å². The van der Waals surface area contributed by atoms with Gasteiger partial charge in [0, 0.05) is 30.8 Å². The second-order valence-corrected chi connectivity index (χ2v) is 6.87. The van der Waals surface area contributed by atoms with Gasteiger partial charge in [-0.25, -0.2) is 0 Å². The molecule has 3 fully saturated rings. The molecule has 3 nitrogen and oxygen atoms in total. The van der Waals surface area contributed by atoms with Crippen molar-refractivity contribution in [1.82, 2.24) is 10.2 Å². The summed E-state index contributed by atoms with van der Waals surface area (Å²) in [4.78, 5) is 2.82. The van der Waals surface area contributed by atoms with E-state index < -0.39 is 0 Å². The Bertz CT molecular complexity index is 278. The third-order valence-electron chi connectivity index (χ3n) is 5.57.